The molecule has 3 fully saturated rings. The maximum Gasteiger partial charge on any atom is 0.509 e. The van der Waals surface area contributed by atoms with E-state index in [1.54, 1.807) is 6.08 Å². The lowest BCUT2D eigenvalue weighted by atomic mass is 9.46. The monoisotopic (exact) mass is 502 g/mol. The quantitative estimate of drug-likeness (QED) is 0.342. The van der Waals surface area contributed by atoms with Crippen LogP contribution in [0.4, 0.5) is 4.79 Å². The Bertz CT molecular complexity index is 963. The van der Waals surface area contributed by atoms with Crippen molar-refractivity contribution >= 4 is 23.7 Å². The van der Waals surface area contributed by atoms with Crippen LogP contribution in [0.1, 0.15) is 98.8 Å². The zero-order chi connectivity index (χ0) is 26.5. The first kappa shape index (κ1) is 26.9. The average molecular weight is 503 g/mol. The van der Waals surface area contributed by atoms with Gasteiger partial charge in [0.25, 0.3) is 0 Å². The Balaban J connectivity index is 1.64. The highest BCUT2D eigenvalue weighted by Crippen LogP contribution is 2.69. The number of ether oxygens (including phenoxy) is 2. The van der Waals surface area contributed by atoms with Crippen molar-refractivity contribution in [3.05, 3.63) is 11.6 Å². The van der Waals surface area contributed by atoms with E-state index in [0.717, 1.165) is 24.8 Å². The van der Waals surface area contributed by atoms with E-state index in [9.17, 15) is 24.3 Å². The number of carboxylic acids is 1. The van der Waals surface area contributed by atoms with Crippen LogP contribution < -0.4 is 0 Å². The molecule has 0 bridgehead atoms. The zero-order valence-corrected chi connectivity index (χ0v) is 22.4. The highest BCUT2D eigenvalue weighted by atomic mass is 16.7. The number of hydrogen-bond acceptors (Lipinski definition) is 6. The van der Waals surface area contributed by atoms with E-state index >= 15 is 0 Å². The summed E-state index contributed by atoms with van der Waals surface area (Å²) in [5.74, 6) is -1.40. The third kappa shape index (κ3) is 3.83. The van der Waals surface area contributed by atoms with Gasteiger partial charge >= 0.3 is 12.1 Å². The number of ketones is 2. The van der Waals surface area contributed by atoms with Crippen molar-refractivity contribution in [1.82, 2.24) is 0 Å². The first-order chi connectivity index (χ1) is 16.9. The summed E-state index contributed by atoms with van der Waals surface area (Å²) in [5.41, 5.74) is -2.16. The van der Waals surface area contributed by atoms with Crippen molar-refractivity contribution in [2.45, 2.75) is 111 Å². The molecule has 36 heavy (non-hydrogen) atoms. The molecule has 0 aromatic heterocycles. The third-order valence-corrected chi connectivity index (χ3v) is 10.4. The molecule has 4 aliphatic rings. The molecule has 200 valence electrons. The lowest BCUT2D eigenvalue weighted by Crippen LogP contribution is -2.61. The summed E-state index contributed by atoms with van der Waals surface area (Å²) in [5, 5.41) is 10.6. The number of rotatable bonds is 7. The van der Waals surface area contributed by atoms with Crippen LogP contribution in [-0.2, 0) is 23.9 Å². The number of allylic oxidation sites excluding steroid dienone is 1. The van der Waals surface area contributed by atoms with Crippen molar-refractivity contribution in [2.75, 3.05) is 0 Å². The van der Waals surface area contributed by atoms with Gasteiger partial charge in [0.05, 0.1) is 11.8 Å². The van der Waals surface area contributed by atoms with Gasteiger partial charge in [-0.15, -0.1) is 0 Å². The maximum atomic E-state index is 13.2. The van der Waals surface area contributed by atoms with Crippen LogP contribution in [0.3, 0.4) is 0 Å². The number of hydrogen-bond donors (Lipinski definition) is 1. The Labute approximate surface area is 214 Å². The van der Waals surface area contributed by atoms with Gasteiger partial charge in [0.15, 0.2) is 11.6 Å². The van der Waals surface area contributed by atoms with Gasteiger partial charge in [0, 0.05) is 11.3 Å². The summed E-state index contributed by atoms with van der Waals surface area (Å²) in [6, 6.07) is 0. The highest BCUT2D eigenvalue weighted by Gasteiger charge is 2.73. The fraction of sp³-hybridized carbons (Fsp3) is 0.793. The molecular weight excluding hydrogens is 460 g/mol. The molecule has 0 radical (unpaired) electrons. The van der Waals surface area contributed by atoms with Crippen molar-refractivity contribution in [3.63, 3.8) is 0 Å². The van der Waals surface area contributed by atoms with E-state index in [-0.39, 0.29) is 47.8 Å². The van der Waals surface area contributed by atoms with Crippen molar-refractivity contribution < 1.29 is 33.8 Å². The van der Waals surface area contributed by atoms with E-state index in [0.29, 0.717) is 38.5 Å². The van der Waals surface area contributed by atoms with E-state index in [1.807, 2.05) is 34.6 Å². The Hall–Kier alpha value is -2.18. The molecular formula is C29H42O7. The maximum absolute atomic E-state index is 13.2. The summed E-state index contributed by atoms with van der Waals surface area (Å²) in [4.78, 5) is 51.3. The van der Waals surface area contributed by atoms with Gasteiger partial charge in [-0.1, -0.05) is 46.1 Å². The number of carboxylic acid groups (broad SMARTS) is 1. The van der Waals surface area contributed by atoms with Crippen LogP contribution in [-0.4, -0.2) is 40.5 Å². The van der Waals surface area contributed by atoms with Crippen molar-refractivity contribution in [3.8, 4) is 0 Å². The summed E-state index contributed by atoms with van der Waals surface area (Å²) >= 11 is 0. The minimum Gasteiger partial charge on any atom is -0.478 e. The average Bonchev–Trinajstić information content (AvgIpc) is 3.02. The van der Waals surface area contributed by atoms with Gasteiger partial charge in [-0.25, -0.2) is 9.59 Å². The summed E-state index contributed by atoms with van der Waals surface area (Å²) in [7, 11) is 0. The van der Waals surface area contributed by atoms with E-state index < -0.39 is 28.6 Å². The zero-order valence-electron chi connectivity index (χ0n) is 22.4. The molecule has 0 amide bonds. The van der Waals surface area contributed by atoms with Crippen LogP contribution in [0, 0.1) is 34.5 Å². The fourth-order valence-corrected chi connectivity index (χ4v) is 8.66. The predicted octanol–water partition coefficient (Wildman–Crippen LogP) is 5.89. The summed E-state index contributed by atoms with van der Waals surface area (Å²) in [6.07, 6.45) is 6.94. The number of fused-ring (bicyclic) bond motifs is 5. The Morgan fingerprint density at radius 1 is 1.11 bits per heavy atom. The molecule has 0 saturated heterocycles. The Kier molecular flexibility index (Phi) is 7.17. The minimum atomic E-state index is -1.67. The van der Waals surface area contributed by atoms with Crippen LogP contribution in [0.2, 0.25) is 0 Å². The van der Waals surface area contributed by atoms with Crippen LogP contribution in [0.5, 0.6) is 0 Å². The predicted molar refractivity (Wildman–Crippen MR) is 133 cm³/mol. The van der Waals surface area contributed by atoms with Crippen LogP contribution in [0.15, 0.2) is 11.6 Å². The van der Waals surface area contributed by atoms with Gasteiger partial charge in [0.1, 0.15) is 6.10 Å². The largest absolute Gasteiger partial charge is 0.509 e. The molecule has 0 heterocycles. The topological polar surface area (TPSA) is 107 Å². The van der Waals surface area contributed by atoms with E-state index in [2.05, 4.69) is 0 Å². The molecule has 0 spiro atoms. The van der Waals surface area contributed by atoms with Crippen molar-refractivity contribution in [2.24, 2.45) is 34.5 Å². The van der Waals surface area contributed by atoms with E-state index in [1.165, 1.54) is 0 Å². The van der Waals surface area contributed by atoms with Crippen molar-refractivity contribution in [1.29, 1.82) is 0 Å². The molecule has 7 atom stereocenters. The normalized spacial score (nSPS) is 39.7. The molecule has 0 aromatic rings. The van der Waals surface area contributed by atoms with Gasteiger partial charge < -0.3 is 14.6 Å². The van der Waals surface area contributed by atoms with Gasteiger partial charge in [-0.3, -0.25) is 9.59 Å². The van der Waals surface area contributed by atoms with Gasteiger partial charge in [0.2, 0.25) is 5.60 Å². The van der Waals surface area contributed by atoms with Crippen LogP contribution >= 0.6 is 0 Å². The molecule has 0 aliphatic heterocycles. The molecule has 0 aromatic carbocycles. The first-order valence-corrected chi connectivity index (χ1v) is 13.9. The summed E-state index contributed by atoms with van der Waals surface area (Å²) < 4.78 is 11.6. The minimum absolute atomic E-state index is 0.000957. The molecule has 7 heteroatoms. The molecule has 4 aliphatic carbocycles. The molecule has 2 unspecified atom stereocenters. The Morgan fingerprint density at radius 2 is 1.78 bits per heavy atom. The second-order valence-corrected chi connectivity index (χ2v) is 12.2. The fourth-order valence-electron chi connectivity index (χ4n) is 8.66. The van der Waals surface area contributed by atoms with E-state index in [4.69, 9.17) is 9.47 Å². The SMILES string of the molecule is CCCC(CCC)OC(=O)OC1(C(=O)O)C(C)C[C@H]2[C@@H]3CCC4=CC(=O)CC(=O)[C@]4(C)[C@H]3CC[C@@]21C. The number of carbonyl (C=O) groups is 4. The molecule has 3 saturated carbocycles. The third-order valence-electron chi connectivity index (χ3n) is 10.4. The van der Waals surface area contributed by atoms with Crippen LogP contribution in [0.25, 0.3) is 0 Å². The molecule has 4 rings (SSSR count). The molecule has 7 nitrogen and oxygen atoms in total. The highest BCUT2D eigenvalue weighted by molar-refractivity contribution is 6.11. The second-order valence-electron chi connectivity index (χ2n) is 12.2. The number of aliphatic carboxylic acids is 1. The Morgan fingerprint density at radius 3 is 2.39 bits per heavy atom. The van der Waals surface area contributed by atoms with Gasteiger partial charge in [-0.2, -0.15) is 0 Å². The lowest BCUT2D eigenvalue weighted by Gasteiger charge is -2.58. The van der Waals surface area contributed by atoms with Gasteiger partial charge in [-0.05, 0) is 75.7 Å². The summed E-state index contributed by atoms with van der Waals surface area (Å²) in [6.45, 7) is 9.88. The number of carbonyl (C=O) groups excluding carboxylic acids is 3. The standard InChI is InChI=1S/C29H42O7/c1-6-8-20(9-7-2)35-26(34)36-29(25(32)33)17(3)14-23-21-11-10-18-15-19(30)16-24(31)28(18,5)22(21)12-13-27(23,29)4/h15,17,20-23H,6-14,16H2,1-5H3,(H,32,33)/t17?,21-,22+,23+,27+,28+,29?/m1/s1. The molecule has 1 N–H and O–H groups in total. The smallest absolute Gasteiger partial charge is 0.478 e. The second kappa shape index (κ2) is 9.60. The lowest BCUT2D eigenvalue weighted by molar-refractivity contribution is -0.194. The number of Topliss-reactive ketones (excluding diaryl/α,β-unsaturated/α-hetero) is 1. The first-order valence-electron chi connectivity index (χ1n) is 13.9.